The molecule has 0 fully saturated rings. The fourth-order valence-electron chi connectivity index (χ4n) is 2.68. The van der Waals surface area contributed by atoms with Crippen molar-refractivity contribution in [2.45, 2.75) is 13.8 Å². The second-order valence-corrected chi connectivity index (χ2v) is 7.01. The van der Waals surface area contributed by atoms with Gasteiger partial charge in [-0.3, -0.25) is 14.7 Å². The molecule has 2 aromatic heterocycles. The first-order valence-corrected chi connectivity index (χ1v) is 9.05. The van der Waals surface area contributed by atoms with Crippen LogP contribution in [-0.2, 0) is 0 Å². The van der Waals surface area contributed by atoms with E-state index in [0.29, 0.717) is 11.4 Å². The van der Waals surface area contributed by atoms with Crippen LogP contribution in [0.3, 0.4) is 0 Å². The Balaban J connectivity index is 1.68. The van der Waals surface area contributed by atoms with Crippen LogP contribution in [0.15, 0.2) is 63.6 Å². The Morgan fingerprint density at radius 2 is 1.96 bits per heavy atom. The molecule has 7 nitrogen and oxygen atoms in total. The van der Waals surface area contributed by atoms with Crippen molar-refractivity contribution >= 4 is 38.8 Å². The molecule has 8 heteroatoms. The monoisotopic (exact) mass is 377 g/mol. The van der Waals surface area contributed by atoms with Crippen LogP contribution in [0, 0.1) is 6.92 Å². The molecular formula is C19H15N5O2S. The number of nitrogens with zero attached hydrogens (tertiary/aromatic N) is 4. The van der Waals surface area contributed by atoms with Crippen LogP contribution in [0.25, 0.3) is 20.8 Å². The predicted molar refractivity (Wildman–Crippen MR) is 105 cm³/mol. The topological polar surface area (TPSA) is 92.5 Å². The molecular weight excluding hydrogens is 362 g/mol. The van der Waals surface area contributed by atoms with Crippen molar-refractivity contribution in [1.82, 2.24) is 14.8 Å². The van der Waals surface area contributed by atoms with E-state index >= 15 is 0 Å². The number of thiazole rings is 1. The van der Waals surface area contributed by atoms with Gasteiger partial charge in [-0.2, -0.15) is 9.80 Å². The fourth-order valence-corrected chi connectivity index (χ4v) is 3.64. The Labute approximate surface area is 158 Å². The number of H-pyrrole nitrogens is 1. The average Bonchev–Trinajstić information content (AvgIpc) is 3.21. The van der Waals surface area contributed by atoms with Crippen LogP contribution < -0.4 is 5.56 Å². The Bertz CT molecular complexity index is 1220. The molecule has 0 bridgehead atoms. The zero-order valence-electron chi connectivity index (χ0n) is 14.6. The number of rotatable bonds is 3. The third kappa shape index (κ3) is 3.22. The van der Waals surface area contributed by atoms with Crippen molar-refractivity contribution in [1.29, 1.82) is 0 Å². The number of nitrogens with one attached hydrogen (secondary N) is 1. The highest BCUT2D eigenvalue weighted by Gasteiger charge is 2.13. The minimum Gasteiger partial charge on any atom is -0.291 e. The normalized spacial score (nSPS) is 11.5. The van der Waals surface area contributed by atoms with Gasteiger partial charge in [0.05, 0.1) is 21.6 Å². The number of hydrogen-bond acceptors (Lipinski definition) is 6. The van der Waals surface area contributed by atoms with Gasteiger partial charge in [-0.15, -0.1) is 16.5 Å². The lowest BCUT2D eigenvalue weighted by atomic mass is 10.2. The number of para-hydroxylation sites is 1. The Morgan fingerprint density at radius 1 is 1.15 bits per heavy atom. The van der Waals surface area contributed by atoms with Gasteiger partial charge in [0.25, 0.3) is 0 Å². The first kappa shape index (κ1) is 17.0. The van der Waals surface area contributed by atoms with E-state index < -0.39 is 11.5 Å². The molecule has 2 aromatic carbocycles. The highest BCUT2D eigenvalue weighted by Crippen LogP contribution is 2.32. The van der Waals surface area contributed by atoms with E-state index in [1.807, 2.05) is 42.5 Å². The molecule has 0 unspecified atom stereocenters. The molecule has 0 atom stereocenters. The number of azo groups is 1. The number of hydrogen-bond donors (Lipinski definition) is 1. The van der Waals surface area contributed by atoms with Crippen LogP contribution in [0.1, 0.15) is 17.4 Å². The van der Waals surface area contributed by atoms with Gasteiger partial charge in [-0.25, -0.2) is 4.98 Å². The van der Waals surface area contributed by atoms with Gasteiger partial charge in [-0.05, 0) is 31.2 Å². The van der Waals surface area contributed by atoms with Crippen LogP contribution >= 0.6 is 11.3 Å². The lowest BCUT2D eigenvalue weighted by molar-refractivity contribution is 0.0917. The number of benzene rings is 2. The van der Waals surface area contributed by atoms with Crippen LogP contribution in [0.5, 0.6) is 0 Å². The zero-order chi connectivity index (χ0) is 19.0. The van der Waals surface area contributed by atoms with Crippen LogP contribution in [0.4, 0.5) is 11.4 Å². The van der Waals surface area contributed by atoms with Crippen molar-refractivity contribution in [3.63, 3.8) is 0 Å². The molecule has 0 aliphatic heterocycles. The van der Waals surface area contributed by atoms with Crippen molar-refractivity contribution in [3.05, 3.63) is 64.6 Å². The number of carbonyl (C=O) groups is 1. The predicted octanol–water partition coefficient (Wildman–Crippen LogP) is 4.84. The Kier molecular flexibility index (Phi) is 4.25. The van der Waals surface area contributed by atoms with Gasteiger partial charge >= 0.3 is 5.56 Å². The summed E-state index contributed by atoms with van der Waals surface area (Å²) in [5, 5.41) is 11.8. The first-order chi connectivity index (χ1) is 13.0. The first-order valence-electron chi connectivity index (χ1n) is 8.23. The van der Waals surface area contributed by atoms with Crippen molar-refractivity contribution in [3.8, 4) is 10.6 Å². The summed E-state index contributed by atoms with van der Waals surface area (Å²) in [6, 6.07) is 15.5. The summed E-state index contributed by atoms with van der Waals surface area (Å²) >= 11 is 1.61. The van der Waals surface area contributed by atoms with Gasteiger partial charge < -0.3 is 0 Å². The van der Waals surface area contributed by atoms with Gasteiger partial charge in [0, 0.05) is 12.5 Å². The van der Waals surface area contributed by atoms with Crippen molar-refractivity contribution in [2.24, 2.45) is 10.2 Å². The zero-order valence-corrected chi connectivity index (χ0v) is 15.4. The van der Waals surface area contributed by atoms with Crippen LogP contribution in [-0.4, -0.2) is 20.7 Å². The Hall–Kier alpha value is -3.39. The average molecular weight is 377 g/mol. The molecule has 4 rings (SSSR count). The molecule has 2 heterocycles. The van der Waals surface area contributed by atoms with E-state index in [1.165, 1.54) is 6.92 Å². The molecule has 0 amide bonds. The summed E-state index contributed by atoms with van der Waals surface area (Å²) in [6.45, 7) is 2.98. The van der Waals surface area contributed by atoms with E-state index in [2.05, 4.69) is 20.3 Å². The second kappa shape index (κ2) is 6.73. The molecule has 0 aliphatic carbocycles. The molecule has 0 saturated heterocycles. The molecule has 0 aliphatic rings. The summed E-state index contributed by atoms with van der Waals surface area (Å²) in [4.78, 5) is 28.3. The van der Waals surface area contributed by atoms with Crippen molar-refractivity contribution < 1.29 is 4.79 Å². The highest BCUT2D eigenvalue weighted by molar-refractivity contribution is 7.21. The minimum atomic E-state index is -0.508. The number of aryl methyl sites for hydroxylation is 1. The minimum absolute atomic E-state index is 0.121. The number of aromatic amines is 1. The van der Waals surface area contributed by atoms with Crippen molar-refractivity contribution in [2.75, 3.05) is 0 Å². The van der Waals surface area contributed by atoms with Gasteiger partial charge in [0.1, 0.15) is 5.01 Å². The lowest BCUT2D eigenvalue weighted by Crippen LogP contribution is -2.21. The van der Waals surface area contributed by atoms with E-state index in [0.717, 1.165) is 25.5 Å². The summed E-state index contributed by atoms with van der Waals surface area (Å²) in [6.07, 6.45) is 0. The summed E-state index contributed by atoms with van der Waals surface area (Å²) in [7, 11) is 0. The maximum atomic E-state index is 12.2. The van der Waals surface area contributed by atoms with E-state index in [4.69, 9.17) is 0 Å². The van der Waals surface area contributed by atoms with Gasteiger partial charge in [0.15, 0.2) is 5.69 Å². The van der Waals surface area contributed by atoms with Gasteiger partial charge in [0.2, 0.25) is 5.91 Å². The summed E-state index contributed by atoms with van der Waals surface area (Å²) < 4.78 is 2.04. The lowest BCUT2D eigenvalue weighted by Gasteiger charge is -1.97. The molecule has 0 radical (unpaired) electrons. The van der Waals surface area contributed by atoms with Gasteiger partial charge in [-0.1, -0.05) is 24.3 Å². The second-order valence-electron chi connectivity index (χ2n) is 5.98. The third-order valence-electron chi connectivity index (χ3n) is 4.01. The number of carbonyl (C=O) groups excluding carboxylic acids is 1. The molecule has 0 saturated carbocycles. The molecule has 134 valence electrons. The highest BCUT2D eigenvalue weighted by atomic mass is 32.1. The molecule has 0 spiro atoms. The summed E-state index contributed by atoms with van der Waals surface area (Å²) in [5.74, 6) is -0.401. The standard InChI is InChI=1S/C19H15N5O2S/c1-11-17(19(26)24(23-11)12(2)25)22-21-14-7-5-6-13(10-14)18-20-15-8-3-4-9-16(15)27-18/h3-10,23H,1-2H3. The number of fused-ring (bicyclic) bond motifs is 1. The van der Waals surface area contributed by atoms with E-state index in [-0.39, 0.29) is 5.69 Å². The van der Waals surface area contributed by atoms with Crippen LogP contribution in [0.2, 0.25) is 0 Å². The quantitative estimate of drug-likeness (QED) is 0.518. The molecule has 4 aromatic rings. The van der Waals surface area contributed by atoms with E-state index in [9.17, 15) is 9.59 Å². The molecule has 1 N–H and O–H groups in total. The molecule has 27 heavy (non-hydrogen) atoms. The third-order valence-corrected chi connectivity index (χ3v) is 5.09. The summed E-state index contributed by atoms with van der Waals surface area (Å²) in [5.41, 5.74) is 2.58. The smallest absolute Gasteiger partial charge is 0.291 e. The van der Waals surface area contributed by atoms with E-state index in [1.54, 1.807) is 24.3 Å². The fraction of sp³-hybridized carbons (Fsp3) is 0.105. The number of aromatic nitrogens is 3. The maximum absolute atomic E-state index is 12.2. The maximum Gasteiger partial charge on any atom is 0.301 e. The largest absolute Gasteiger partial charge is 0.301 e. The SMILES string of the molecule is CC(=O)n1[nH]c(C)c(N=Nc2cccc(-c3nc4ccccc4s3)c2)c1=O. The Morgan fingerprint density at radius 3 is 2.70 bits per heavy atom.